The van der Waals surface area contributed by atoms with Gasteiger partial charge in [0.1, 0.15) is 0 Å². The SMILES string of the molecule is Cl.NC[C@@H]1CN(C(=O)CCc2cccs2)C[C@H]1c1ccccc1. The number of hydrogen-bond acceptors (Lipinski definition) is 3. The summed E-state index contributed by atoms with van der Waals surface area (Å²) in [7, 11) is 0. The molecule has 1 aromatic heterocycles. The van der Waals surface area contributed by atoms with Crippen molar-refractivity contribution in [3.63, 3.8) is 0 Å². The van der Waals surface area contributed by atoms with Crippen molar-refractivity contribution < 1.29 is 4.79 Å². The number of carbonyl (C=O) groups excluding carboxylic acids is 1. The molecular weight excluding hydrogens is 328 g/mol. The van der Waals surface area contributed by atoms with Crippen molar-refractivity contribution in [3.05, 3.63) is 58.3 Å². The van der Waals surface area contributed by atoms with E-state index in [1.165, 1.54) is 10.4 Å². The molecule has 0 unspecified atom stereocenters. The van der Waals surface area contributed by atoms with Gasteiger partial charge in [-0.1, -0.05) is 36.4 Å². The predicted molar refractivity (Wildman–Crippen MR) is 98.2 cm³/mol. The number of nitrogens with two attached hydrogens (primary N) is 1. The van der Waals surface area contributed by atoms with Crippen LogP contribution in [-0.4, -0.2) is 30.4 Å². The van der Waals surface area contributed by atoms with Crippen LogP contribution in [0.5, 0.6) is 0 Å². The van der Waals surface area contributed by atoms with Crippen LogP contribution in [0.25, 0.3) is 0 Å². The summed E-state index contributed by atoms with van der Waals surface area (Å²) < 4.78 is 0. The van der Waals surface area contributed by atoms with E-state index >= 15 is 0 Å². The number of rotatable bonds is 5. The average molecular weight is 351 g/mol. The lowest BCUT2D eigenvalue weighted by Crippen LogP contribution is -2.29. The predicted octanol–water partition coefficient (Wildman–Crippen LogP) is 3.30. The van der Waals surface area contributed by atoms with E-state index < -0.39 is 0 Å². The summed E-state index contributed by atoms with van der Waals surface area (Å²) in [6, 6.07) is 14.6. The topological polar surface area (TPSA) is 46.3 Å². The molecule has 2 atom stereocenters. The van der Waals surface area contributed by atoms with E-state index in [2.05, 4.69) is 35.7 Å². The van der Waals surface area contributed by atoms with Crippen molar-refractivity contribution >= 4 is 29.7 Å². The monoisotopic (exact) mass is 350 g/mol. The molecule has 0 bridgehead atoms. The standard InChI is InChI=1S/C18H22N2OS.ClH/c19-11-15-12-20(13-17(15)14-5-2-1-3-6-14)18(21)9-8-16-7-4-10-22-16;/h1-7,10,15,17H,8-9,11-13,19H2;1H/t15-,17+;/m1./s1. The summed E-state index contributed by atoms with van der Waals surface area (Å²) >= 11 is 1.72. The molecule has 0 radical (unpaired) electrons. The Balaban J connectivity index is 0.00000192. The third-order valence-electron chi connectivity index (χ3n) is 4.49. The molecule has 0 aliphatic carbocycles. The highest BCUT2D eigenvalue weighted by atomic mass is 35.5. The minimum absolute atomic E-state index is 0. The normalized spacial score (nSPS) is 20.3. The number of likely N-dealkylation sites (tertiary alicyclic amines) is 1. The molecule has 3 rings (SSSR count). The first kappa shape index (κ1) is 18.0. The third-order valence-corrected chi connectivity index (χ3v) is 5.43. The number of amides is 1. The molecule has 5 heteroatoms. The molecule has 1 saturated heterocycles. The van der Waals surface area contributed by atoms with Crippen molar-refractivity contribution in [2.24, 2.45) is 11.7 Å². The second kappa shape index (κ2) is 8.48. The smallest absolute Gasteiger partial charge is 0.222 e. The van der Waals surface area contributed by atoms with E-state index in [9.17, 15) is 4.79 Å². The van der Waals surface area contributed by atoms with Crippen LogP contribution < -0.4 is 5.73 Å². The van der Waals surface area contributed by atoms with Gasteiger partial charge in [-0.25, -0.2) is 0 Å². The number of nitrogens with zero attached hydrogens (tertiary/aromatic N) is 1. The van der Waals surface area contributed by atoms with Gasteiger partial charge in [-0.05, 0) is 35.9 Å². The van der Waals surface area contributed by atoms with Gasteiger partial charge in [0.15, 0.2) is 0 Å². The van der Waals surface area contributed by atoms with Crippen LogP contribution in [0.4, 0.5) is 0 Å². The number of thiophene rings is 1. The third kappa shape index (κ3) is 4.34. The fourth-order valence-corrected chi connectivity index (χ4v) is 3.94. The van der Waals surface area contributed by atoms with Gasteiger partial charge < -0.3 is 10.6 Å². The molecule has 2 aromatic rings. The van der Waals surface area contributed by atoms with E-state index in [0.29, 0.717) is 24.8 Å². The van der Waals surface area contributed by atoms with Gasteiger partial charge in [0, 0.05) is 30.3 Å². The molecule has 0 saturated carbocycles. The molecule has 3 nitrogen and oxygen atoms in total. The summed E-state index contributed by atoms with van der Waals surface area (Å²) in [5.74, 6) is 0.996. The summed E-state index contributed by atoms with van der Waals surface area (Å²) in [4.78, 5) is 15.8. The van der Waals surface area contributed by atoms with E-state index in [4.69, 9.17) is 5.73 Å². The van der Waals surface area contributed by atoms with Crippen molar-refractivity contribution in [2.75, 3.05) is 19.6 Å². The Morgan fingerprint density at radius 2 is 1.96 bits per heavy atom. The van der Waals surface area contributed by atoms with Crippen LogP contribution in [0.2, 0.25) is 0 Å². The molecule has 1 aliphatic rings. The van der Waals surface area contributed by atoms with E-state index in [0.717, 1.165) is 19.5 Å². The van der Waals surface area contributed by atoms with Gasteiger partial charge in [0.05, 0.1) is 0 Å². The largest absolute Gasteiger partial charge is 0.342 e. The van der Waals surface area contributed by atoms with Crippen molar-refractivity contribution in [3.8, 4) is 0 Å². The summed E-state index contributed by atoms with van der Waals surface area (Å²) in [5.41, 5.74) is 7.24. The molecule has 2 heterocycles. The van der Waals surface area contributed by atoms with E-state index in [1.807, 2.05) is 17.0 Å². The van der Waals surface area contributed by atoms with Gasteiger partial charge in [0.25, 0.3) is 0 Å². The Kier molecular flexibility index (Phi) is 6.63. The molecule has 1 aromatic carbocycles. The highest BCUT2D eigenvalue weighted by Crippen LogP contribution is 2.32. The van der Waals surface area contributed by atoms with Crippen LogP contribution >= 0.6 is 23.7 Å². The molecule has 124 valence electrons. The minimum atomic E-state index is 0. The lowest BCUT2D eigenvalue weighted by molar-refractivity contribution is -0.130. The Morgan fingerprint density at radius 3 is 2.61 bits per heavy atom. The van der Waals surface area contributed by atoms with Crippen LogP contribution in [0.15, 0.2) is 47.8 Å². The first-order valence-corrected chi connectivity index (χ1v) is 8.71. The second-order valence-electron chi connectivity index (χ2n) is 5.89. The second-order valence-corrected chi connectivity index (χ2v) is 6.92. The highest BCUT2D eigenvalue weighted by molar-refractivity contribution is 7.09. The van der Waals surface area contributed by atoms with E-state index in [-0.39, 0.29) is 18.3 Å². The number of halogens is 1. The molecular formula is C18H23ClN2OS. The van der Waals surface area contributed by atoms with Crippen LogP contribution in [-0.2, 0) is 11.2 Å². The summed E-state index contributed by atoms with van der Waals surface area (Å²) in [6.07, 6.45) is 1.44. The molecule has 23 heavy (non-hydrogen) atoms. The Bertz CT molecular complexity index is 603. The quantitative estimate of drug-likeness (QED) is 0.899. The number of benzene rings is 1. The number of hydrogen-bond donors (Lipinski definition) is 1. The van der Waals surface area contributed by atoms with Gasteiger partial charge in [0.2, 0.25) is 5.91 Å². The van der Waals surface area contributed by atoms with Gasteiger partial charge in [-0.3, -0.25) is 4.79 Å². The number of carbonyl (C=O) groups is 1. The van der Waals surface area contributed by atoms with Crippen molar-refractivity contribution in [2.45, 2.75) is 18.8 Å². The van der Waals surface area contributed by atoms with Gasteiger partial charge in [-0.2, -0.15) is 0 Å². The maximum atomic E-state index is 12.5. The number of aryl methyl sites for hydroxylation is 1. The maximum Gasteiger partial charge on any atom is 0.222 e. The van der Waals surface area contributed by atoms with Crippen molar-refractivity contribution in [1.82, 2.24) is 4.90 Å². The lowest BCUT2D eigenvalue weighted by atomic mass is 9.89. The maximum absolute atomic E-state index is 12.5. The Labute approximate surface area is 147 Å². The zero-order valence-corrected chi connectivity index (χ0v) is 14.7. The summed E-state index contributed by atoms with van der Waals surface area (Å²) in [6.45, 7) is 2.22. The first-order chi connectivity index (χ1) is 10.8. The molecule has 1 fully saturated rings. The highest BCUT2D eigenvalue weighted by Gasteiger charge is 2.34. The zero-order valence-electron chi connectivity index (χ0n) is 13.1. The molecule has 0 spiro atoms. The van der Waals surface area contributed by atoms with Gasteiger partial charge in [-0.15, -0.1) is 23.7 Å². The van der Waals surface area contributed by atoms with Gasteiger partial charge >= 0.3 is 0 Å². The Morgan fingerprint density at radius 1 is 1.17 bits per heavy atom. The van der Waals surface area contributed by atoms with E-state index in [1.54, 1.807) is 11.3 Å². The fraction of sp³-hybridized carbons (Fsp3) is 0.389. The zero-order chi connectivity index (χ0) is 15.4. The molecule has 1 amide bonds. The first-order valence-electron chi connectivity index (χ1n) is 7.83. The average Bonchev–Trinajstić information content (AvgIpc) is 3.22. The minimum Gasteiger partial charge on any atom is -0.342 e. The fourth-order valence-electron chi connectivity index (χ4n) is 3.23. The van der Waals surface area contributed by atoms with Crippen LogP contribution in [0.1, 0.15) is 22.8 Å². The molecule has 2 N–H and O–H groups in total. The summed E-state index contributed by atoms with van der Waals surface area (Å²) in [5, 5.41) is 2.06. The van der Waals surface area contributed by atoms with Crippen molar-refractivity contribution in [1.29, 1.82) is 0 Å². The lowest BCUT2D eigenvalue weighted by Gasteiger charge is -2.16. The Hall–Kier alpha value is -1.36. The van der Waals surface area contributed by atoms with Crippen LogP contribution in [0, 0.1) is 5.92 Å². The molecule has 1 aliphatic heterocycles. The van der Waals surface area contributed by atoms with Crippen LogP contribution in [0.3, 0.4) is 0 Å².